The molecule has 0 saturated carbocycles. The average molecular weight is 406 g/mol. The predicted octanol–water partition coefficient (Wildman–Crippen LogP) is 1.24. The van der Waals surface area contributed by atoms with Gasteiger partial charge in [0.2, 0.25) is 0 Å². The third-order valence-corrected chi connectivity index (χ3v) is 5.43. The van der Waals surface area contributed by atoms with Gasteiger partial charge in [0.25, 0.3) is 0 Å². The Hall–Kier alpha value is -2.62. The Morgan fingerprint density at radius 1 is 1.43 bits per heavy atom. The maximum absolute atomic E-state index is 11.3. The molecule has 0 aliphatic carbocycles. The van der Waals surface area contributed by atoms with Gasteiger partial charge in [-0.05, 0) is 37.3 Å². The van der Waals surface area contributed by atoms with Crippen LogP contribution in [0.5, 0.6) is 0 Å². The second-order valence-corrected chi connectivity index (χ2v) is 7.46. The van der Waals surface area contributed by atoms with Crippen molar-refractivity contribution in [1.82, 2.24) is 25.6 Å². The molecule has 0 aromatic carbocycles. The Morgan fingerprint density at radius 3 is 2.93 bits per heavy atom. The molecule has 2 N–H and O–H groups in total. The lowest BCUT2D eigenvalue weighted by molar-refractivity contribution is -0.141. The number of rotatable bonds is 7. The molecule has 2 aromatic rings. The number of guanidine groups is 1. The van der Waals surface area contributed by atoms with E-state index in [1.54, 1.807) is 17.5 Å². The van der Waals surface area contributed by atoms with E-state index in [1.807, 2.05) is 6.92 Å². The zero-order valence-corrected chi connectivity index (χ0v) is 17.1. The highest BCUT2D eigenvalue weighted by Gasteiger charge is 2.20. The molecule has 0 amide bonds. The molecule has 1 aliphatic rings. The molecule has 0 radical (unpaired) electrons. The van der Waals surface area contributed by atoms with Crippen LogP contribution in [0.1, 0.15) is 25.5 Å². The number of ether oxygens (including phenoxy) is 1. The number of thiophene rings is 1. The summed E-state index contributed by atoms with van der Waals surface area (Å²) >= 11 is 1.79. The van der Waals surface area contributed by atoms with Gasteiger partial charge in [-0.2, -0.15) is 0 Å². The Bertz CT molecular complexity index is 767. The fourth-order valence-electron chi connectivity index (χ4n) is 3.05. The zero-order valence-electron chi connectivity index (χ0n) is 16.3. The van der Waals surface area contributed by atoms with Gasteiger partial charge in [0.1, 0.15) is 12.2 Å². The van der Waals surface area contributed by atoms with Gasteiger partial charge in [-0.25, -0.2) is 9.67 Å². The highest BCUT2D eigenvalue weighted by Crippen LogP contribution is 2.24. The van der Waals surface area contributed by atoms with Crippen molar-refractivity contribution in [3.63, 3.8) is 0 Å². The number of esters is 1. The molecule has 3 heterocycles. The van der Waals surface area contributed by atoms with Crippen LogP contribution in [-0.4, -0.2) is 59.7 Å². The molecule has 2 aromatic heterocycles. The maximum atomic E-state index is 11.3. The van der Waals surface area contributed by atoms with Crippen LogP contribution in [0.15, 0.2) is 28.7 Å². The number of nitrogens with zero attached hydrogens (tertiary/aromatic N) is 5. The van der Waals surface area contributed by atoms with E-state index in [0.29, 0.717) is 18.3 Å². The molecule has 0 spiro atoms. The summed E-state index contributed by atoms with van der Waals surface area (Å²) in [5, 5.41) is 18.3. The third-order valence-electron chi connectivity index (χ3n) is 4.50. The molecule has 3 rings (SSSR count). The van der Waals surface area contributed by atoms with E-state index in [-0.39, 0.29) is 12.5 Å². The highest BCUT2D eigenvalue weighted by molar-refractivity contribution is 7.14. The summed E-state index contributed by atoms with van der Waals surface area (Å²) in [5.41, 5.74) is 0.702. The van der Waals surface area contributed by atoms with Gasteiger partial charge in [0.15, 0.2) is 5.96 Å². The number of hydrogen-bond acceptors (Lipinski definition) is 7. The minimum Gasteiger partial charge on any atom is -0.468 e. The number of nitrogens with one attached hydrogen (secondary N) is 2. The van der Waals surface area contributed by atoms with E-state index < -0.39 is 0 Å². The lowest BCUT2D eigenvalue weighted by Gasteiger charge is -2.33. The van der Waals surface area contributed by atoms with Crippen molar-refractivity contribution < 1.29 is 9.53 Å². The van der Waals surface area contributed by atoms with Crippen LogP contribution in [0.3, 0.4) is 0 Å². The van der Waals surface area contributed by atoms with Gasteiger partial charge in [0.05, 0.1) is 24.9 Å². The van der Waals surface area contributed by atoms with E-state index in [0.717, 1.165) is 38.4 Å². The number of methoxy groups -OCH3 is 1. The van der Waals surface area contributed by atoms with E-state index in [4.69, 9.17) is 0 Å². The Morgan fingerprint density at radius 2 is 2.25 bits per heavy atom. The first kappa shape index (κ1) is 20.1. The number of piperidine rings is 1. The van der Waals surface area contributed by atoms with Gasteiger partial charge >= 0.3 is 5.97 Å². The van der Waals surface area contributed by atoms with Crippen LogP contribution >= 0.6 is 11.3 Å². The Kier molecular flexibility index (Phi) is 7.24. The molecule has 0 atom stereocenters. The third kappa shape index (κ3) is 5.69. The molecule has 0 bridgehead atoms. The van der Waals surface area contributed by atoms with Crippen LogP contribution in [0, 0.1) is 0 Å². The van der Waals surface area contributed by atoms with E-state index in [9.17, 15) is 4.79 Å². The summed E-state index contributed by atoms with van der Waals surface area (Å²) in [6, 6.07) is 4.67. The first-order chi connectivity index (χ1) is 13.7. The van der Waals surface area contributed by atoms with Crippen molar-refractivity contribution in [2.24, 2.45) is 4.99 Å². The summed E-state index contributed by atoms with van der Waals surface area (Å²) in [6.45, 7) is 5.36. The van der Waals surface area contributed by atoms with Gasteiger partial charge in [0, 0.05) is 25.7 Å². The molecule has 1 aliphatic heterocycles. The standard InChI is InChI=1S/C18H27N7O2S/c1-3-19-18(20-11-15-12-25(23-22-15)13-17(26)27-2)21-14-6-8-24(9-7-14)16-5-4-10-28-16/h4-5,10,12,14H,3,6-9,11,13H2,1-2H3,(H2,19,20,21). The molecule has 28 heavy (non-hydrogen) atoms. The van der Waals surface area contributed by atoms with Gasteiger partial charge in [-0.1, -0.05) is 5.21 Å². The van der Waals surface area contributed by atoms with Gasteiger partial charge in [-0.3, -0.25) is 4.79 Å². The van der Waals surface area contributed by atoms with Crippen LogP contribution in [0.2, 0.25) is 0 Å². The topological polar surface area (TPSA) is 96.7 Å². The van der Waals surface area contributed by atoms with Crippen molar-refractivity contribution in [2.45, 2.75) is 38.9 Å². The van der Waals surface area contributed by atoms with E-state index >= 15 is 0 Å². The van der Waals surface area contributed by atoms with Crippen LogP contribution in [-0.2, 0) is 22.6 Å². The minimum absolute atomic E-state index is 0.0499. The predicted molar refractivity (Wildman–Crippen MR) is 110 cm³/mol. The smallest absolute Gasteiger partial charge is 0.327 e. The quantitative estimate of drug-likeness (QED) is 0.406. The lowest BCUT2D eigenvalue weighted by atomic mass is 10.1. The number of aromatic nitrogens is 3. The van der Waals surface area contributed by atoms with Crippen LogP contribution in [0.25, 0.3) is 0 Å². The highest BCUT2D eigenvalue weighted by atomic mass is 32.1. The summed E-state index contributed by atoms with van der Waals surface area (Å²) in [4.78, 5) is 18.3. The second kappa shape index (κ2) is 10.1. The summed E-state index contributed by atoms with van der Waals surface area (Å²) < 4.78 is 6.09. The molecule has 9 nitrogen and oxygen atoms in total. The number of hydrogen-bond donors (Lipinski definition) is 2. The SMILES string of the molecule is CCNC(=NCc1cn(CC(=O)OC)nn1)NC1CCN(c2cccs2)CC1. The fourth-order valence-corrected chi connectivity index (χ4v) is 3.84. The average Bonchev–Trinajstić information content (AvgIpc) is 3.39. The van der Waals surface area contributed by atoms with Gasteiger partial charge in [-0.15, -0.1) is 16.4 Å². The zero-order chi connectivity index (χ0) is 19.8. The second-order valence-electron chi connectivity index (χ2n) is 6.54. The van der Waals surface area contributed by atoms with Crippen molar-refractivity contribution in [3.05, 3.63) is 29.4 Å². The molecular formula is C18H27N7O2S. The first-order valence-corrected chi connectivity index (χ1v) is 10.3. The Balaban J connectivity index is 1.51. The van der Waals surface area contributed by atoms with Crippen LogP contribution < -0.4 is 15.5 Å². The number of carbonyl (C=O) groups is 1. The molecule has 1 fully saturated rings. The molecular weight excluding hydrogens is 378 g/mol. The molecule has 1 saturated heterocycles. The van der Waals surface area contributed by atoms with Crippen molar-refractivity contribution in [3.8, 4) is 0 Å². The van der Waals surface area contributed by atoms with Gasteiger partial charge < -0.3 is 20.3 Å². The molecule has 152 valence electrons. The normalized spacial score (nSPS) is 15.5. The van der Waals surface area contributed by atoms with Crippen molar-refractivity contribution >= 4 is 28.3 Å². The number of carbonyl (C=O) groups excluding carboxylic acids is 1. The lowest BCUT2D eigenvalue weighted by Crippen LogP contribution is -2.48. The first-order valence-electron chi connectivity index (χ1n) is 9.47. The molecule has 0 unspecified atom stereocenters. The summed E-state index contributed by atoms with van der Waals surface area (Å²) in [7, 11) is 1.35. The Labute approximate surface area is 168 Å². The fraction of sp³-hybridized carbons (Fsp3) is 0.556. The largest absolute Gasteiger partial charge is 0.468 e. The minimum atomic E-state index is -0.358. The number of aliphatic imine (C=N–C) groups is 1. The maximum Gasteiger partial charge on any atom is 0.327 e. The monoisotopic (exact) mass is 405 g/mol. The van der Waals surface area contributed by atoms with Crippen molar-refractivity contribution in [1.29, 1.82) is 0 Å². The van der Waals surface area contributed by atoms with Crippen LogP contribution in [0.4, 0.5) is 5.00 Å². The number of anilines is 1. The summed E-state index contributed by atoms with van der Waals surface area (Å²) in [5.74, 6) is 0.420. The molecule has 10 heteroatoms. The van der Waals surface area contributed by atoms with Crippen molar-refractivity contribution in [2.75, 3.05) is 31.6 Å². The van der Waals surface area contributed by atoms with E-state index in [1.165, 1.54) is 16.8 Å². The van der Waals surface area contributed by atoms with E-state index in [2.05, 4.69) is 53.1 Å². The summed E-state index contributed by atoms with van der Waals surface area (Å²) in [6.07, 6.45) is 3.85.